The van der Waals surface area contributed by atoms with E-state index < -0.39 is 6.04 Å². The Morgan fingerprint density at radius 2 is 1.65 bits per heavy atom. The molecule has 0 spiro atoms. The fraction of sp³-hybridized carbons (Fsp3) is 0.280. The summed E-state index contributed by atoms with van der Waals surface area (Å²) in [6.07, 6.45) is 1.56. The molecule has 0 aliphatic heterocycles. The van der Waals surface area contributed by atoms with Crippen molar-refractivity contribution in [3.63, 3.8) is 0 Å². The number of carbonyl (C=O) groups excluding carboxylic acids is 2. The Morgan fingerprint density at radius 1 is 0.971 bits per heavy atom. The van der Waals surface area contributed by atoms with Crippen molar-refractivity contribution in [3.05, 3.63) is 70.0 Å². The van der Waals surface area contributed by atoms with E-state index in [2.05, 4.69) is 10.3 Å². The summed E-state index contributed by atoms with van der Waals surface area (Å²) in [7, 11) is 0. The molecule has 3 aromatic rings. The highest BCUT2D eigenvalue weighted by Crippen LogP contribution is 2.39. The van der Waals surface area contributed by atoms with Gasteiger partial charge >= 0.3 is 0 Å². The number of hydrogen-bond donors (Lipinski definition) is 4. The number of nitrogens with two attached hydrogens (primary N) is 3. The number of rotatable bonds is 9. The third-order valence-corrected chi connectivity index (χ3v) is 5.99. The van der Waals surface area contributed by atoms with Crippen molar-refractivity contribution in [2.45, 2.75) is 31.8 Å². The molecule has 7 N–H and O–H groups in total. The van der Waals surface area contributed by atoms with Crippen molar-refractivity contribution < 1.29 is 9.59 Å². The summed E-state index contributed by atoms with van der Waals surface area (Å²) in [5.74, 6) is -0.324. The Balaban J connectivity index is 1.49. The van der Waals surface area contributed by atoms with Gasteiger partial charge in [0.15, 0.2) is 11.7 Å². The van der Waals surface area contributed by atoms with Gasteiger partial charge in [0.1, 0.15) is 0 Å². The Hall–Kier alpha value is -3.98. The molecule has 1 heterocycles. The number of fused-ring (bicyclic) bond motifs is 5. The summed E-state index contributed by atoms with van der Waals surface area (Å²) in [6.45, 7) is 1.12. The average Bonchev–Trinajstić information content (AvgIpc) is 3.13. The molecule has 34 heavy (non-hydrogen) atoms. The number of nitrogens with one attached hydrogen (secondary N) is 1. The molecule has 0 fully saturated rings. The Labute approximate surface area is 196 Å². The summed E-state index contributed by atoms with van der Waals surface area (Å²) in [5, 5.41) is 4.00. The van der Waals surface area contributed by atoms with Crippen molar-refractivity contribution in [2.24, 2.45) is 22.2 Å². The van der Waals surface area contributed by atoms with Crippen LogP contribution >= 0.6 is 0 Å². The van der Waals surface area contributed by atoms with Crippen molar-refractivity contribution >= 4 is 28.4 Å². The van der Waals surface area contributed by atoms with Crippen LogP contribution in [-0.2, 0) is 11.3 Å². The van der Waals surface area contributed by atoms with Crippen LogP contribution in [0.5, 0.6) is 0 Å². The number of benzene rings is 2. The van der Waals surface area contributed by atoms with Gasteiger partial charge in [0.05, 0.1) is 17.3 Å². The first-order valence-corrected chi connectivity index (χ1v) is 11.3. The quantitative estimate of drug-likeness (QED) is 0.166. The lowest BCUT2D eigenvalue weighted by atomic mass is 10.0. The van der Waals surface area contributed by atoms with Gasteiger partial charge in [0.25, 0.3) is 5.56 Å². The Morgan fingerprint density at radius 3 is 2.38 bits per heavy atom. The van der Waals surface area contributed by atoms with Gasteiger partial charge in [-0.25, -0.2) is 0 Å². The number of guanidine groups is 1. The van der Waals surface area contributed by atoms with Gasteiger partial charge in [0, 0.05) is 41.5 Å². The van der Waals surface area contributed by atoms with Crippen LogP contribution in [0, 0.1) is 0 Å². The van der Waals surface area contributed by atoms with Crippen LogP contribution in [0.2, 0.25) is 0 Å². The summed E-state index contributed by atoms with van der Waals surface area (Å²) in [4.78, 5) is 42.7. The predicted octanol–water partition coefficient (Wildman–Crippen LogP) is 1.10. The summed E-state index contributed by atoms with van der Waals surface area (Å²) >= 11 is 0. The van der Waals surface area contributed by atoms with Gasteiger partial charge < -0.3 is 27.1 Å². The molecule has 9 nitrogen and oxygen atoms in total. The first-order chi connectivity index (χ1) is 16.4. The molecule has 0 saturated carbocycles. The second kappa shape index (κ2) is 9.88. The zero-order valence-corrected chi connectivity index (χ0v) is 18.8. The molecule has 1 aliphatic rings. The van der Waals surface area contributed by atoms with Crippen LogP contribution in [0.4, 0.5) is 0 Å². The number of hydrogen-bond acceptors (Lipinski definition) is 5. The predicted molar refractivity (Wildman–Crippen MR) is 133 cm³/mol. The van der Waals surface area contributed by atoms with Gasteiger partial charge in [-0.1, -0.05) is 42.5 Å². The Bertz CT molecular complexity index is 1340. The van der Waals surface area contributed by atoms with Gasteiger partial charge in [0.2, 0.25) is 5.91 Å². The van der Waals surface area contributed by atoms with Crippen LogP contribution in [0.3, 0.4) is 0 Å². The number of aliphatic imine (C=N–C) groups is 1. The maximum atomic E-state index is 13.4. The second-order valence-electron chi connectivity index (χ2n) is 8.30. The molecule has 1 aliphatic carbocycles. The number of aromatic nitrogens is 1. The normalized spacial score (nSPS) is 12.8. The topological polar surface area (TPSA) is 159 Å². The fourth-order valence-corrected chi connectivity index (χ4v) is 4.37. The minimum absolute atomic E-state index is 0.0118. The van der Waals surface area contributed by atoms with E-state index in [0.717, 1.165) is 5.56 Å². The largest absolute Gasteiger partial charge is 0.370 e. The number of nitrogens with zero attached hydrogens (tertiary/aromatic N) is 2. The van der Waals surface area contributed by atoms with E-state index in [1.165, 1.54) is 0 Å². The van der Waals surface area contributed by atoms with E-state index in [1.807, 2.05) is 30.3 Å². The summed E-state index contributed by atoms with van der Waals surface area (Å²) in [6, 6.07) is 13.9. The highest BCUT2D eigenvalue weighted by molar-refractivity contribution is 6.26. The molecule has 0 radical (unpaired) electrons. The lowest BCUT2D eigenvalue weighted by Gasteiger charge is -2.16. The minimum atomic E-state index is -0.661. The molecule has 1 amide bonds. The van der Waals surface area contributed by atoms with Crippen molar-refractivity contribution in [3.8, 4) is 11.3 Å². The lowest BCUT2D eigenvalue weighted by Crippen LogP contribution is -2.41. The van der Waals surface area contributed by atoms with Gasteiger partial charge in [-0.2, -0.15) is 0 Å². The van der Waals surface area contributed by atoms with E-state index in [1.54, 1.807) is 22.8 Å². The van der Waals surface area contributed by atoms with Gasteiger partial charge in [-0.3, -0.25) is 19.4 Å². The average molecular weight is 461 g/mol. The van der Waals surface area contributed by atoms with E-state index in [0.29, 0.717) is 66.5 Å². The maximum absolute atomic E-state index is 13.4. The van der Waals surface area contributed by atoms with Crippen molar-refractivity contribution in [1.29, 1.82) is 0 Å². The first-order valence-electron chi connectivity index (χ1n) is 11.3. The molecule has 9 heteroatoms. The monoisotopic (exact) mass is 460 g/mol. The van der Waals surface area contributed by atoms with Gasteiger partial charge in [-0.15, -0.1) is 0 Å². The molecule has 176 valence electrons. The summed E-state index contributed by atoms with van der Waals surface area (Å²) < 4.78 is 1.66. The third-order valence-electron chi connectivity index (χ3n) is 5.99. The van der Waals surface area contributed by atoms with Crippen LogP contribution < -0.4 is 28.1 Å². The first kappa shape index (κ1) is 23.2. The molecule has 2 aromatic carbocycles. The van der Waals surface area contributed by atoms with Crippen LogP contribution in [0.15, 0.2) is 58.3 Å². The number of amides is 1. The molecular formula is C25H28N6O3. The van der Waals surface area contributed by atoms with Crippen molar-refractivity contribution in [1.82, 2.24) is 9.88 Å². The summed E-state index contributed by atoms with van der Waals surface area (Å²) in [5.41, 5.74) is 18.9. The van der Waals surface area contributed by atoms with E-state index in [4.69, 9.17) is 17.2 Å². The number of ketones is 1. The smallest absolute Gasteiger partial charge is 0.258 e. The number of pyridine rings is 1. The molecular weight excluding hydrogens is 432 g/mol. The number of carbonyl (C=O) groups is 2. The standard InChI is InChI=1S/C25H28N6O3/c26-19(11-5-12-30-25(27)28)23(33)29-13-6-14-31-21-16-8-2-3-9-17(16)22(32)20(21)15-7-1-4-10-18(15)24(31)34/h1-4,7-10,19H,5-6,11-14,26H2,(H,29,33)(H4,27,28,30). The molecule has 1 atom stereocenters. The third kappa shape index (κ3) is 4.42. The molecule has 1 unspecified atom stereocenters. The lowest BCUT2D eigenvalue weighted by molar-refractivity contribution is -0.122. The highest BCUT2D eigenvalue weighted by Gasteiger charge is 2.32. The second-order valence-corrected chi connectivity index (χ2v) is 8.30. The molecule has 1 aromatic heterocycles. The molecule has 0 bridgehead atoms. The highest BCUT2D eigenvalue weighted by atomic mass is 16.2. The van der Waals surface area contributed by atoms with Crippen molar-refractivity contribution in [2.75, 3.05) is 13.1 Å². The fourth-order valence-electron chi connectivity index (χ4n) is 4.37. The molecule has 4 rings (SSSR count). The van der Waals surface area contributed by atoms with E-state index in [-0.39, 0.29) is 23.2 Å². The van der Waals surface area contributed by atoms with Crippen LogP contribution in [-0.4, -0.2) is 41.3 Å². The SMILES string of the molecule is NC(N)=NCCCC(N)C(=O)NCCCn1c2c(c3ccccc3c1=O)C(=O)c1ccccc1-2. The zero-order valence-electron chi connectivity index (χ0n) is 18.8. The van der Waals surface area contributed by atoms with Crippen LogP contribution in [0.25, 0.3) is 22.0 Å². The maximum Gasteiger partial charge on any atom is 0.258 e. The van der Waals surface area contributed by atoms with E-state index in [9.17, 15) is 14.4 Å². The zero-order chi connectivity index (χ0) is 24.2. The van der Waals surface area contributed by atoms with E-state index >= 15 is 0 Å². The van der Waals surface area contributed by atoms with Crippen LogP contribution in [0.1, 0.15) is 35.2 Å². The minimum Gasteiger partial charge on any atom is -0.370 e. The Kier molecular flexibility index (Phi) is 6.74. The molecule has 0 saturated heterocycles. The van der Waals surface area contributed by atoms with Gasteiger partial charge in [-0.05, 0) is 25.3 Å².